The van der Waals surface area contributed by atoms with Gasteiger partial charge in [-0.3, -0.25) is 9.78 Å². The number of primary amides is 1. The van der Waals surface area contributed by atoms with Crippen molar-refractivity contribution in [3.05, 3.63) is 53.0 Å². The number of amides is 1. The van der Waals surface area contributed by atoms with Crippen LogP contribution < -0.4 is 11.1 Å². The number of rotatable bonds is 5. The SMILES string of the molecule is NC(=O)c1cc2c(nc1NC(c1ccccn1)C1CC(O)C1)CCC2. The summed E-state index contributed by atoms with van der Waals surface area (Å²) in [5, 5.41) is 13.1. The number of hydrogen-bond donors (Lipinski definition) is 3. The molecule has 1 saturated carbocycles. The summed E-state index contributed by atoms with van der Waals surface area (Å²) < 4.78 is 0. The Morgan fingerprint density at radius 1 is 1.32 bits per heavy atom. The summed E-state index contributed by atoms with van der Waals surface area (Å²) in [5.41, 5.74) is 9.07. The number of aryl methyl sites for hydroxylation is 2. The molecule has 1 unspecified atom stereocenters. The van der Waals surface area contributed by atoms with Gasteiger partial charge in [-0.2, -0.15) is 0 Å². The predicted octanol–water partition coefficient (Wildman–Crippen LogP) is 1.99. The maximum Gasteiger partial charge on any atom is 0.252 e. The molecule has 25 heavy (non-hydrogen) atoms. The van der Waals surface area contributed by atoms with E-state index in [4.69, 9.17) is 10.7 Å². The molecular weight excluding hydrogens is 316 g/mol. The Bertz CT molecular complexity index is 788. The summed E-state index contributed by atoms with van der Waals surface area (Å²) >= 11 is 0. The summed E-state index contributed by atoms with van der Waals surface area (Å²) in [4.78, 5) is 21.1. The van der Waals surface area contributed by atoms with Gasteiger partial charge in [-0.1, -0.05) is 6.07 Å². The number of nitrogens with zero attached hydrogens (tertiary/aromatic N) is 2. The normalized spacial score (nSPS) is 22.8. The standard InChI is InChI=1S/C19H22N4O2/c20-18(25)14-10-11-4-3-6-15(11)22-19(14)23-17(12-8-13(24)9-12)16-5-1-2-7-21-16/h1-2,5,7,10,12-13,17,24H,3-4,6,8-9H2,(H2,20,25)(H,22,23). The van der Waals surface area contributed by atoms with Crippen LogP contribution in [-0.4, -0.2) is 27.1 Å². The van der Waals surface area contributed by atoms with Crippen LogP contribution in [-0.2, 0) is 12.8 Å². The molecular formula is C19H22N4O2. The fourth-order valence-corrected chi connectivity index (χ4v) is 3.81. The van der Waals surface area contributed by atoms with Crippen LogP contribution >= 0.6 is 0 Å². The Balaban J connectivity index is 1.69. The highest BCUT2D eigenvalue weighted by Crippen LogP contribution is 2.40. The maximum absolute atomic E-state index is 11.9. The van der Waals surface area contributed by atoms with Crippen molar-refractivity contribution >= 4 is 11.7 Å². The molecule has 6 nitrogen and oxygen atoms in total. The lowest BCUT2D eigenvalue weighted by Gasteiger charge is -2.38. The second-order valence-electron chi connectivity index (χ2n) is 6.97. The summed E-state index contributed by atoms with van der Waals surface area (Å²) in [6, 6.07) is 7.55. The van der Waals surface area contributed by atoms with Crippen molar-refractivity contribution in [1.29, 1.82) is 0 Å². The molecule has 2 aliphatic rings. The molecule has 1 fully saturated rings. The average molecular weight is 338 g/mol. The number of fused-ring (bicyclic) bond motifs is 1. The molecule has 1 amide bonds. The van der Waals surface area contributed by atoms with Gasteiger partial charge < -0.3 is 16.2 Å². The molecule has 0 saturated heterocycles. The molecule has 0 bridgehead atoms. The van der Waals surface area contributed by atoms with E-state index in [1.54, 1.807) is 6.20 Å². The van der Waals surface area contributed by atoms with Crippen molar-refractivity contribution in [1.82, 2.24) is 9.97 Å². The zero-order valence-corrected chi connectivity index (χ0v) is 14.0. The van der Waals surface area contributed by atoms with E-state index in [2.05, 4.69) is 10.3 Å². The maximum atomic E-state index is 11.9. The lowest BCUT2D eigenvalue weighted by Crippen LogP contribution is -2.37. The molecule has 130 valence electrons. The number of hydrogen-bond acceptors (Lipinski definition) is 5. The number of nitrogens with one attached hydrogen (secondary N) is 1. The summed E-state index contributed by atoms with van der Waals surface area (Å²) in [5.74, 6) is 0.309. The first kappa shape index (κ1) is 16.0. The molecule has 2 aromatic heterocycles. The van der Waals surface area contributed by atoms with Crippen LogP contribution in [0.1, 0.15) is 52.6 Å². The van der Waals surface area contributed by atoms with Crippen molar-refractivity contribution < 1.29 is 9.90 Å². The van der Waals surface area contributed by atoms with E-state index in [1.165, 1.54) is 0 Å². The van der Waals surface area contributed by atoms with Crippen LogP contribution in [0.3, 0.4) is 0 Å². The average Bonchev–Trinajstić information content (AvgIpc) is 3.04. The first-order chi connectivity index (χ1) is 12.1. The molecule has 0 aromatic carbocycles. The Labute approximate surface area is 146 Å². The first-order valence-electron chi connectivity index (χ1n) is 8.80. The van der Waals surface area contributed by atoms with E-state index in [0.29, 0.717) is 24.2 Å². The quantitative estimate of drug-likeness (QED) is 0.774. The molecule has 2 heterocycles. The lowest BCUT2D eigenvalue weighted by molar-refractivity contribution is 0.0333. The van der Waals surface area contributed by atoms with Gasteiger partial charge >= 0.3 is 0 Å². The van der Waals surface area contributed by atoms with Gasteiger partial charge in [-0.15, -0.1) is 0 Å². The third-order valence-corrected chi connectivity index (χ3v) is 5.24. The van der Waals surface area contributed by atoms with E-state index in [0.717, 1.165) is 36.2 Å². The van der Waals surface area contributed by atoms with E-state index in [9.17, 15) is 9.90 Å². The van der Waals surface area contributed by atoms with Crippen LogP contribution in [0.25, 0.3) is 0 Å². The van der Waals surface area contributed by atoms with Gasteiger partial charge in [0.1, 0.15) is 5.82 Å². The highest BCUT2D eigenvalue weighted by molar-refractivity contribution is 5.98. The van der Waals surface area contributed by atoms with Crippen molar-refractivity contribution in [2.45, 2.75) is 44.2 Å². The first-order valence-corrected chi connectivity index (χ1v) is 8.80. The Kier molecular flexibility index (Phi) is 4.13. The highest BCUT2D eigenvalue weighted by Gasteiger charge is 2.36. The van der Waals surface area contributed by atoms with Crippen LogP contribution in [0.4, 0.5) is 5.82 Å². The minimum Gasteiger partial charge on any atom is -0.393 e. The Hall–Kier alpha value is -2.47. The third kappa shape index (κ3) is 3.09. The van der Waals surface area contributed by atoms with Gasteiger partial charge in [0.15, 0.2) is 0 Å². The molecule has 2 aromatic rings. The second-order valence-corrected chi connectivity index (χ2v) is 6.97. The predicted molar refractivity (Wildman–Crippen MR) is 94.1 cm³/mol. The lowest BCUT2D eigenvalue weighted by atomic mass is 9.76. The fraction of sp³-hybridized carbons (Fsp3) is 0.421. The number of pyridine rings is 2. The minimum atomic E-state index is -0.474. The Morgan fingerprint density at radius 3 is 2.84 bits per heavy atom. The fourth-order valence-electron chi connectivity index (χ4n) is 3.81. The second kappa shape index (κ2) is 6.44. The number of carbonyl (C=O) groups is 1. The topological polar surface area (TPSA) is 101 Å². The molecule has 1 atom stereocenters. The van der Waals surface area contributed by atoms with Gasteiger partial charge in [0.25, 0.3) is 5.91 Å². The molecule has 2 aliphatic carbocycles. The van der Waals surface area contributed by atoms with Crippen molar-refractivity contribution in [3.63, 3.8) is 0 Å². The highest BCUT2D eigenvalue weighted by atomic mass is 16.3. The van der Waals surface area contributed by atoms with Gasteiger partial charge in [0.2, 0.25) is 0 Å². The van der Waals surface area contributed by atoms with Crippen molar-refractivity contribution in [2.24, 2.45) is 11.7 Å². The minimum absolute atomic E-state index is 0.102. The molecule has 4 rings (SSSR count). The number of anilines is 1. The Morgan fingerprint density at radius 2 is 2.16 bits per heavy atom. The van der Waals surface area contributed by atoms with Gasteiger partial charge in [-0.05, 0) is 61.8 Å². The van der Waals surface area contributed by atoms with E-state index >= 15 is 0 Å². The van der Waals surface area contributed by atoms with Crippen LogP contribution in [0.15, 0.2) is 30.5 Å². The molecule has 0 aliphatic heterocycles. The smallest absolute Gasteiger partial charge is 0.252 e. The number of aliphatic hydroxyl groups excluding tert-OH is 1. The van der Waals surface area contributed by atoms with Crippen LogP contribution in [0, 0.1) is 5.92 Å². The van der Waals surface area contributed by atoms with Crippen LogP contribution in [0.5, 0.6) is 0 Å². The number of aliphatic hydroxyl groups is 1. The van der Waals surface area contributed by atoms with Gasteiger partial charge in [-0.25, -0.2) is 4.98 Å². The largest absolute Gasteiger partial charge is 0.393 e. The summed E-state index contributed by atoms with van der Waals surface area (Å²) in [7, 11) is 0. The number of nitrogens with two attached hydrogens (primary N) is 1. The molecule has 6 heteroatoms. The number of carbonyl (C=O) groups excluding carboxylic acids is 1. The zero-order chi connectivity index (χ0) is 17.4. The van der Waals surface area contributed by atoms with Gasteiger partial charge in [0.05, 0.1) is 23.4 Å². The summed E-state index contributed by atoms with van der Waals surface area (Å²) in [6.45, 7) is 0. The summed E-state index contributed by atoms with van der Waals surface area (Å²) in [6.07, 6.45) is 5.85. The van der Waals surface area contributed by atoms with E-state index in [1.807, 2.05) is 24.3 Å². The monoisotopic (exact) mass is 338 g/mol. The molecule has 4 N–H and O–H groups in total. The number of aromatic nitrogens is 2. The van der Waals surface area contributed by atoms with E-state index in [-0.39, 0.29) is 18.1 Å². The van der Waals surface area contributed by atoms with Crippen molar-refractivity contribution in [3.8, 4) is 0 Å². The molecule has 0 spiro atoms. The van der Waals surface area contributed by atoms with Crippen molar-refractivity contribution in [2.75, 3.05) is 5.32 Å². The van der Waals surface area contributed by atoms with E-state index < -0.39 is 5.91 Å². The molecule has 0 radical (unpaired) electrons. The third-order valence-electron chi connectivity index (χ3n) is 5.24. The van der Waals surface area contributed by atoms with Crippen LogP contribution in [0.2, 0.25) is 0 Å². The zero-order valence-electron chi connectivity index (χ0n) is 14.0. The van der Waals surface area contributed by atoms with Gasteiger partial charge in [0, 0.05) is 11.9 Å².